The molecular formula is C34H37ClN4S. The summed E-state index contributed by atoms with van der Waals surface area (Å²) in [5.74, 6) is 0. The Morgan fingerprint density at radius 1 is 0.675 bits per heavy atom. The summed E-state index contributed by atoms with van der Waals surface area (Å²) in [5, 5.41) is 1.70. The van der Waals surface area contributed by atoms with Gasteiger partial charge in [0.25, 0.3) is 0 Å². The van der Waals surface area contributed by atoms with Crippen LogP contribution >= 0.6 is 23.4 Å². The van der Waals surface area contributed by atoms with Crippen LogP contribution < -0.4 is 14.7 Å². The molecule has 0 fully saturated rings. The van der Waals surface area contributed by atoms with Gasteiger partial charge in [-0.05, 0) is 73.5 Å². The molecule has 0 N–H and O–H groups in total. The van der Waals surface area contributed by atoms with Gasteiger partial charge >= 0.3 is 0 Å². The Kier molecular flexibility index (Phi) is 8.16. The SMILES string of the molecule is CCN(CC)c1ccc2c(c1)N=C(c1ccc(Cl)cc1)SC2(c1ccc(N(C)C)cc1)c1ccc(N(C)C)cc1. The number of hydrogen-bond donors (Lipinski definition) is 0. The Labute approximate surface area is 248 Å². The zero-order valence-corrected chi connectivity index (χ0v) is 25.7. The molecule has 6 heteroatoms. The molecule has 0 radical (unpaired) electrons. The second-order valence-electron chi connectivity index (χ2n) is 10.5. The van der Waals surface area contributed by atoms with Crippen molar-refractivity contribution < 1.29 is 0 Å². The summed E-state index contributed by atoms with van der Waals surface area (Å²) in [4.78, 5) is 11.9. The zero-order valence-electron chi connectivity index (χ0n) is 24.1. The van der Waals surface area contributed by atoms with Gasteiger partial charge in [0, 0.05) is 74.5 Å². The van der Waals surface area contributed by atoms with E-state index in [4.69, 9.17) is 16.6 Å². The van der Waals surface area contributed by atoms with Crippen molar-refractivity contribution in [3.05, 3.63) is 118 Å². The molecule has 0 saturated heterocycles. The zero-order chi connectivity index (χ0) is 28.4. The Morgan fingerprint density at radius 3 is 1.65 bits per heavy atom. The van der Waals surface area contributed by atoms with E-state index in [1.54, 1.807) is 0 Å². The van der Waals surface area contributed by atoms with Crippen molar-refractivity contribution in [2.45, 2.75) is 18.6 Å². The molecule has 0 amide bonds. The summed E-state index contributed by atoms with van der Waals surface area (Å²) in [6.45, 7) is 6.29. The number of thioether (sulfide) groups is 1. The highest BCUT2D eigenvalue weighted by atomic mass is 35.5. The summed E-state index contributed by atoms with van der Waals surface area (Å²) in [6.07, 6.45) is 0. The first-order chi connectivity index (χ1) is 19.3. The van der Waals surface area contributed by atoms with Gasteiger partial charge in [0.1, 0.15) is 5.04 Å². The maximum absolute atomic E-state index is 6.29. The van der Waals surface area contributed by atoms with Crippen LogP contribution in [0.2, 0.25) is 5.02 Å². The number of benzene rings is 4. The highest BCUT2D eigenvalue weighted by molar-refractivity contribution is 8.15. The highest BCUT2D eigenvalue weighted by Crippen LogP contribution is 2.56. The average Bonchev–Trinajstić information content (AvgIpc) is 2.97. The van der Waals surface area contributed by atoms with Crippen LogP contribution in [0.4, 0.5) is 22.7 Å². The summed E-state index contributed by atoms with van der Waals surface area (Å²) in [6, 6.07) is 32.8. The third-order valence-corrected chi connectivity index (χ3v) is 9.40. The van der Waals surface area contributed by atoms with Gasteiger partial charge in [-0.3, -0.25) is 0 Å². The van der Waals surface area contributed by atoms with Crippen molar-refractivity contribution in [2.24, 2.45) is 4.99 Å². The maximum Gasteiger partial charge on any atom is 0.105 e. The minimum Gasteiger partial charge on any atom is -0.378 e. The predicted molar refractivity (Wildman–Crippen MR) is 177 cm³/mol. The van der Waals surface area contributed by atoms with Crippen LogP contribution in [0, 0.1) is 0 Å². The summed E-state index contributed by atoms with van der Waals surface area (Å²) in [7, 11) is 8.32. The van der Waals surface area contributed by atoms with E-state index in [1.807, 2.05) is 23.9 Å². The van der Waals surface area contributed by atoms with Gasteiger partial charge in [-0.2, -0.15) is 0 Å². The molecule has 1 heterocycles. The van der Waals surface area contributed by atoms with E-state index in [1.165, 1.54) is 33.8 Å². The molecule has 0 spiro atoms. The van der Waals surface area contributed by atoms with Crippen LogP contribution in [-0.2, 0) is 4.75 Å². The third-order valence-electron chi connectivity index (χ3n) is 7.63. The van der Waals surface area contributed by atoms with Crippen LogP contribution in [0.25, 0.3) is 0 Å². The van der Waals surface area contributed by atoms with E-state index in [9.17, 15) is 0 Å². The van der Waals surface area contributed by atoms with Gasteiger partial charge in [0.15, 0.2) is 0 Å². The lowest BCUT2D eigenvalue weighted by atomic mass is 9.82. The van der Waals surface area contributed by atoms with Gasteiger partial charge < -0.3 is 14.7 Å². The molecule has 0 aromatic heterocycles. The van der Waals surface area contributed by atoms with Gasteiger partial charge in [-0.15, -0.1) is 0 Å². The lowest BCUT2D eigenvalue weighted by molar-refractivity contribution is 0.860. The first-order valence-corrected chi connectivity index (χ1v) is 14.9. The minimum atomic E-state index is -0.497. The number of nitrogens with zero attached hydrogens (tertiary/aromatic N) is 4. The average molecular weight is 569 g/mol. The predicted octanol–water partition coefficient (Wildman–Crippen LogP) is 8.44. The lowest BCUT2D eigenvalue weighted by Gasteiger charge is -2.39. The lowest BCUT2D eigenvalue weighted by Crippen LogP contribution is -2.30. The number of fused-ring (bicyclic) bond motifs is 1. The van der Waals surface area contributed by atoms with E-state index in [0.717, 1.165) is 34.4 Å². The van der Waals surface area contributed by atoms with Gasteiger partial charge in [-0.1, -0.05) is 65.8 Å². The van der Waals surface area contributed by atoms with Crippen LogP contribution in [0.3, 0.4) is 0 Å². The minimum absolute atomic E-state index is 0.497. The normalized spacial score (nSPS) is 13.8. The fourth-order valence-corrected chi connectivity index (χ4v) is 6.93. The Bertz CT molecular complexity index is 1440. The number of hydrogen-bond acceptors (Lipinski definition) is 5. The third kappa shape index (κ3) is 5.21. The summed E-state index contributed by atoms with van der Waals surface area (Å²) < 4.78 is -0.497. The van der Waals surface area contributed by atoms with E-state index in [0.29, 0.717) is 0 Å². The molecule has 0 atom stereocenters. The van der Waals surface area contributed by atoms with E-state index < -0.39 is 4.75 Å². The van der Waals surface area contributed by atoms with Crippen LogP contribution in [-0.4, -0.2) is 46.3 Å². The van der Waals surface area contributed by atoms with E-state index in [2.05, 4.69) is 136 Å². The molecule has 4 aromatic rings. The molecule has 0 aliphatic carbocycles. The fourth-order valence-electron chi connectivity index (χ4n) is 5.33. The molecule has 1 aliphatic rings. The molecule has 0 saturated carbocycles. The van der Waals surface area contributed by atoms with Gasteiger partial charge in [-0.25, -0.2) is 4.99 Å². The summed E-state index contributed by atoms with van der Waals surface area (Å²) >= 11 is 8.09. The van der Waals surface area contributed by atoms with Crippen molar-refractivity contribution in [1.82, 2.24) is 0 Å². The largest absolute Gasteiger partial charge is 0.378 e. The topological polar surface area (TPSA) is 22.1 Å². The van der Waals surface area contributed by atoms with Crippen molar-refractivity contribution in [2.75, 3.05) is 56.0 Å². The molecule has 40 heavy (non-hydrogen) atoms. The monoisotopic (exact) mass is 568 g/mol. The standard InChI is InChI=1S/C34H37ClN4S/c1-7-39(8-2)30-21-22-31-32(23-30)36-33(24-9-15-27(35)16-10-24)40-34(31,25-11-17-28(18-12-25)37(3)4)26-13-19-29(20-14-26)38(5)6/h9-23H,7-8H2,1-6H3. The van der Waals surface area contributed by atoms with Crippen molar-refractivity contribution in [1.29, 1.82) is 0 Å². The van der Waals surface area contributed by atoms with E-state index >= 15 is 0 Å². The Morgan fingerprint density at radius 2 is 1.18 bits per heavy atom. The van der Waals surface area contributed by atoms with Gasteiger partial charge in [0.05, 0.1) is 10.4 Å². The molecule has 5 rings (SSSR count). The van der Waals surface area contributed by atoms with Crippen LogP contribution in [0.15, 0.2) is 96.0 Å². The maximum atomic E-state index is 6.29. The van der Waals surface area contributed by atoms with Crippen molar-refractivity contribution in [3.8, 4) is 0 Å². The van der Waals surface area contributed by atoms with Crippen molar-refractivity contribution in [3.63, 3.8) is 0 Å². The Hall–Kier alpha value is -3.41. The second kappa shape index (κ2) is 11.6. The summed E-state index contributed by atoms with van der Waals surface area (Å²) in [5.41, 5.74) is 9.24. The molecule has 1 aliphatic heterocycles. The first kappa shape index (κ1) is 28.1. The number of halogens is 1. The number of aliphatic imine (C=N–C) groups is 1. The molecule has 0 bridgehead atoms. The molecule has 0 unspecified atom stereocenters. The second-order valence-corrected chi connectivity index (χ2v) is 12.1. The van der Waals surface area contributed by atoms with Crippen molar-refractivity contribution >= 4 is 51.2 Å². The smallest absolute Gasteiger partial charge is 0.105 e. The van der Waals surface area contributed by atoms with Crippen LogP contribution in [0.5, 0.6) is 0 Å². The molecule has 4 aromatic carbocycles. The number of rotatable bonds is 8. The van der Waals surface area contributed by atoms with E-state index in [-0.39, 0.29) is 0 Å². The van der Waals surface area contributed by atoms with Gasteiger partial charge in [0.2, 0.25) is 0 Å². The number of anilines is 3. The quantitative estimate of drug-likeness (QED) is 0.213. The molecule has 206 valence electrons. The van der Waals surface area contributed by atoms with Crippen LogP contribution in [0.1, 0.15) is 36.1 Å². The first-order valence-electron chi connectivity index (χ1n) is 13.8. The molecule has 4 nitrogen and oxygen atoms in total. The highest BCUT2D eigenvalue weighted by Gasteiger charge is 2.43. The Balaban J connectivity index is 1.80. The fraction of sp³-hybridized carbons (Fsp3) is 0.265. The molecular weight excluding hydrogens is 532 g/mol.